The van der Waals surface area contributed by atoms with E-state index in [1.165, 1.54) is 15.6 Å². The Morgan fingerprint density at radius 1 is 1.38 bits per heavy atom. The van der Waals surface area contributed by atoms with Gasteiger partial charge in [-0.25, -0.2) is 0 Å². The number of alkyl halides is 1. The maximum Gasteiger partial charge on any atom is 0.0380 e. The van der Waals surface area contributed by atoms with Crippen LogP contribution in [0.5, 0.6) is 0 Å². The van der Waals surface area contributed by atoms with Crippen molar-refractivity contribution >= 4 is 33.0 Å². The summed E-state index contributed by atoms with van der Waals surface area (Å²) in [6.07, 6.45) is 1.01. The maximum atomic E-state index is 5.93. The lowest BCUT2D eigenvalue weighted by Gasteiger charge is -2.14. The zero-order valence-corrected chi connectivity index (χ0v) is 10.9. The van der Waals surface area contributed by atoms with Crippen LogP contribution >= 0.6 is 22.9 Å². The summed E-state index contributed by atoms with van der Waals surface area (Å²) < 4.78 is 1.36. The lowest BCUT2D eigenvalue weighted by molar-refractivity contribution is 0.570. The molecule has 2 rings (SSSR count). The fraction of sp³-hybridized carbons (Fsp3) is 0.385. The Morgan fingerprint density at radius 3 is 3.00 bits per heavy atom. The number of halogens is 1. The smallest absolute Gasteiger partial charge is 0.0380 e. The molecule has 0 saturated carbocycles. The highest BCUT2D eigenvalue weighted by atomic mass is 35.5. The van der Waals surface area contributed by atoms with Crippen molar-refractivity contribution in [3.63, 3.8) is 0 Å². The molecule has 16 heavy (non-hydrogen) atoms. The SMILES string of the molecule is CCNC(CCl)Cc1ccc2ccsc2c1. The minimum atomic E-state index is 0.379. The van der Waals surface area contributed by atoms with Gasteiger partial charge in [-0.15, -0.1) is 22.9 Å². The normalized spacial score (nSPS) is 13.1. The third kappa shape index (κ3) is 2.76. The van der Waals surface area contributed by atoms with Crippen LogP contribution in [-0.4, -0.2) is 18.5 Å². The number of nitrogens with one attached hydrogen (secondary N) is 1. The van der Waals surface area contributed by atoms with Gasteiger partial charge in [0, 0.05) is 16.6 Å². The van der Waals surface area contributed by atoms with Crippen molar-refractivity contribution in [2.45, 2.75) is 19.4 Å². The van der Waals surface area contributed by atoms with Gasteiger partial charge in [-0.1, -0.05) is 19.1 Å². The molecule has 0 amide bonds. The van der Waals surface area contributed by atoms with Gasteiger partial charge in [0.2, 0.25) is 0 Å². The van der Waals surface area contributed by atoms with Crippen LogP contribution in [0.15, 0.2) is 29.6 Å². The summed E-state index contributed by atoms with van der Waals surface area (Å²) in [5, 5.41) is 6.86. The number of fused-ring (bicyclic) bond motifs is 1. The van der Waals surface area contributed by atoms with Crippen LogP contribution in [0.3, 0.4) is 0 Å². The van der Waals surface area contributed by atoms with Crippen LogP contribution in [0.2, 0.25) is 0 Å². The zero-order valence-electron chi connectivity index (χ0n) is 9.37. The van der Waals surface area contributed by atoms with Crippen LogP contribution in [0, 0.1) is 0 Å². The van der Waals surface area contributed by atoms with Gasteiger partial charge in [-0.3, -0.25) is 0 Å². The van der Waals surface area contributed by atoms with Crippen LogP contribution in [0.1, 0.15) is 12.5 Å². The second-order valence-corrected chi connectivity index (χ2v) is 5.16. The molecule has 0 fully saturated rings. The summed E-state index contributed by atoms with van der Waals surface area (Å²) >= 11 is 7.73. The standard InChI is InChI=1S/C13H16ClNS/c1-2-15-12(9-14)7-10-3-4-11-5-6-16-13(11)8-10/h3-6,8,12,15H,2,7,9H2,1H3. The predicted octanol–water partition coefficient (Wildman–Crippen LogP) is 3.66. The van der Waals surface area contributed by atoms with Gasteiger partial charge in [0.05, 0.1) is 0 Å². The molecule has 2 aromatic rings. The second-order valence-electron chi connectivity index (χ2n) is 3.91. The Bertz CT molecular complexity index is 452. The summed E-state index contributed by atoms with van der Waals surface area (Å²) in [6.45, 7) is 3.08. The van der Waals surface area contributed by atoms with E-state index in [2.05, 4.69) is 41.9 Å². The molecule has 1 nitrogen and oxygen atoms in total. The van der Waals surface area contributed by atoms with Crippen LogP contribution in [-0.2, 0) is 6.42 Å². The molecule has 0 aliphatic carbocycles. The Labute approximate surface area is 105 Å². The van der Waals surface area contributed by atoms with Gasteiger partial charge in [0.25, 0.3) is 0 Å². The number of hydrogen-bond donors (Lipinski definition) is 1. The van der Waals surface area contributed by atoms with E-state index in [0.29, 0.717) is 11.9 Å². The fourth-order valence-corrected chi connectivity index (χ4v) is 2.95. The Balaban J connectivity index is 2.13. The first-order valence-electron chi connectivity index (χ1n) is 5.59. The van der Waals surface area contributed by atoms with Gasteiger partial charge in [0.1, 0.15) is 0 Å². The van der Waals surface area contributed by atoms with Crippen LogP contribution in [0.25, 0.3) is 10.1 Å². The number of thiophene rings is 1. The van der Waals surface area contributed by atoms with E-state index >= 15 is 0 Å². The molecule has 0 aliphatic heterocycles. The largest absolute Gasteiger partial charge is 0.313 e. The van der Waals surface area contributed by atoms with Gasteiger partial charge >= 0.3 is 0 Å². The highest BCUT2D eigenvalue weighted by Crippen LogP contribution is 2.22. The molecular formula is C13H16ClNS. The minimum Gasteiger partial charge on any atom is -0.313 e. The molecule has 0 spiro atoms. The van der Waals surface area contributed by atoms with E-state index in [0.717, 1.165) is 13.0 Å². The predicted molar refractivity (Wildman–Crippen MR) is 73.7 cm³/mol. The van der Waals surface area contributed by atoms with Crippen molar-refractivity contribution in [2.75, 3.05) is 12.4 Å². The molecule has 0 radical (unpaired) electrons. The molecule has 0 bridgehead atoms. The van der Waals surface area contributed by atoms with Crippen molar-refractivity contribution in [3.8, 4) is 0 Å². The van der Waals surface area contributed by atoms with E-state index < -0.39 is 0 Å². The van der Waals surface area contributed by atoms with E-state index in [1.54, 1.807) is 11.3 Å². The lowest BCUT2D eigenvalue weighted by Crippen LogP contribution is -2.32. The van der Waals surface area contributed by atoms with Gasteiger partial charge < -0.3 is 5.32 Å². The maximum absolute atomic E-state index is 5.93. The van der Waals surface area contributed by atoms with Crippen LogP contribution in [0.4, 0.5) is 0 Å². The molecule has 1 atom stereocenters. The molecule has 1 heterocycles. The van der Waals surface area contributed by atoms with Gasteiger partial charge in [-0.2, -0.15) is 0 Å². The fourth-order valence-electron chi connectivity index (χ4n) is 1.88. The third-order valence-electron chi connectivity index (χ3n) is 2.68. The summed E-state index contributed by atoms with van der Waals surface area (Å²) in [6, 6.07) is 9.21. The van der Waals surface area contributed by atoms with Crippen LogP contribution < -0.4 is 5.32 Å². The molecule has 0 saturated heterocycles. The second kappa shape index (κ2) is 5.67. The minimum absolute atomic E-state index is 0.379. The van der Waals surface area contributed by atoms with Crippen molar-refractivity contribution in [1.82, 2.24) is 5.32 Å². The van der Waals surface area contributed by atoms with Gasteiger partial charge in [-0.05, 0) is 41.4 Å². The van der Waals surface area contributed by atoms with E-state index in [1.807, 2.05) is 0 Å². The molecule has 1 unspecified atom stereocenters. The van der Waals surface area contributed by atoms with E-state index in [-0.39, 0.29) is 0 Å². The molecule has 86 valence electrons. The molecule has 3 heteroatoms. The molecule has 1 N–H and O–H groups in total. The lowest BCUT2D eigenvalue weighted by atomic mass is 10.1. The first-order valence-corrected chi connectivity index (χ1v) is 7.00. The molecule has 1 aromatic carbocycles. The number of benzene rings is 1. The highest BCUT2D eigenvalue weighted by molar-refractivity contribution is 7.17. The van der Waals surface area contributed by atoms with Crippen molar-refractivity contribution in [3.05, 3.63) is 35.2 Å². The van der Waals surface area contributed by atoms with Crippen molar-refractivity contribution in [2.24, 2.45) is 0 Å². The van der Waals surface area contributed by atoms with Gasteiger partial charge in [0.15, 0.2) is 0 Å². The molecule has 1 aromatic heterocycles. The first kappa shape index (κ1) is 11.9. The number of likely N-dealkylation sites (N-methyl/N-ethyl adjacent to an activating group) is 1. The van der Waals surface area contributed by atoms with Crippen molar-refractivity contribution in [1.29, 1.82) is 0 Å². The average Bonchev–Trinajstić information content (AvgIpc) is 2.75. The number of rotatable bonds is 5. The quantitative estimate of drug-likeness (QED) is 0.802. The Morgan fingerprint density at radius 2 is 2.25 bits per heavy atom. The summed E-state index contributed by atoms with van der Waals surface area (Å²) in [4.78, 5) is 0. The summed E-state index contributed by atoms with van der Waals surface area (Å²) in [7, 11) is 0. The van der Waals surface area contributed by atoms with E-state index in [9.17, 15) is 0 Å². The van der Waals surface area contributed by atoms with E-state index in [4.69, 9.17) is 11.6 Å². The monoisotopic (exact) mass is 253 g/mol. The van der Waals surface area contributed by atoms with Crippen molar-refractivity contribution < 1.29 is 0 Å². The summed E-state index contributed by atoms with van der Waals surface area (Å²) in [5.74, 6) is 0.663. The number of hydrogen-bond acceptors (Lipinski definition) is 2. The first-order chi connectivity index (χ1) is 7.83. The molecular weight excluding hydrogens is 238 g/mol. The highest BCUT2D eigenvalue weighted by Gasteiger charge is 2.07. The Kier molecular flexibility index (Phi) is 4.22. The summed E-state index contributed by atoms with van der Waals surface area (Å²) in [5.41, 5.74) is 1.36. The molecule has 0 aliphatic rings. The zero-order chi connectivity index (χ0) is 11.4. The average molecular weight is 254 g/mol. The topological polar surface area (TPSA) is 12.0 Å². The third-order valence-corrected chi connectivity index (χ3v) is 3.93. The Hall–Kier alpha value is -0.570.